The molecule has 9 heteroatoms. The molecule has 0 radical (unpaired) electrons. The van der Waals surface area contributed by atoms with Gasteiger partial charge in [-0.25, -0.2) is 18.6 Å². The molecular weight excluding hydrogens is 434 g/mol. The van der Waals surface area contributed by atoms with Gasteiger partial charge in [0.05, 0.1) is 17.7 Å². The molecule has 0 unspecified atom stereocenters. The summed E-state index contributed by atoms with van der Waals surface area (Å²) in [6, 6.07) is 13.1. The lowest BCUT2D eigenvalue weighted by Gasteiger charge is -2.06. The maximum atomic E-state index is 12.0. The van der Waals surface area contributed by atoms with Crippen molar-refractivity contribution in [3.05, 3.63) is 71.2 Å². The summed E-state index contributed by atoms with van der Waals surface area (Å²) in [5.41, 5.74) is 2.95. The highest BCUT2D eigenvalue weighted by molar-refractivity contribution is 9.10. The molecule has 2 aromatic carbocycles. The summed E-state index contributed by atoms with van der Waals surface area (Å²) in [6.45, 7) is 3.52. The summed E-state index contributed by atoms with van der Waals surface area (Å²) in [7, 11) is -3.75. The standard InChI is InChI=1S/C18H18BrN3O4S/c1-2-10-26-15-8-9-17(19)14(11-15)12-20-22-18(23)13-21-27(24,25)16-6-4-3-5-7-16/h2-9,11-12,21H,1,10,13H2,(H,22,23)/b20-12-. The van der Waals surface area contributed by atoms with Gasteiger partial charge in [0.1, 0.15) is 12.4 Å². The van der Waals surface area contributed by atoms with Gasteiger partial charge in [-0.15, -0.1) is 0 Å². The third-order valence-corrected chi connectivity index (χ3v) is 5.34. The number of hydrogen-bond donors (Lipinski definition) is 2. The number of amides is 1. The maximum absolute atomic E-state index is 12.0. The van der Waals surface area contributed by atoms with E-state index >= 15 is 0 Å². The fraction of sp³-hybridized carbons (Fsp3) is 0.111. The number of nitrogens with zero attached hydrogens (tertiary/aromatic N) is 1. The van der Waals surface area contributed by atoms with Gasteiger partial charge in [0.15, 0.2) is 0 Å². The van der Waals surface area contributed by atoms with Crippen LogP contribution in [-0.4, -0.2) is 33.7 Å². The topological polar surface area (TPSA) is 96.9 Å². The number of hydrogen-bond acceptors (Lipinski definition) is 5. The van der Waals surface area contributed by atoms with Gasteiger partial charge in [0.2, 0.25) is 10.0 Å². The molecule has 0 atom stereocenters. The van der Waals surface area contributed by atoms with Crippen LogP contribution in [0.4, 0.5) is 0 Å². The van der Waals surface area contributed by atoms with Crippen LogP contribution in [0.1, 0.15) is 5.56 Å². The zero-order valence-corrected chi connectivity index (χ0v) is 16.7. The summed E-state index contributed by atoms with van der Waals surface area (Å²) in [5, 5.41) is 3.83. The van der Waals surface area contributed by atoms with Crippen LogP contribution in [0.5, 0.6) is 5.75 Å². The predicted molar refractivity (Wildman–Crippen MR) is 107 cm³/mol. The smallest absolute Gasteiger partial charge is 0.255 e. The third-order valence-electron chi connectivity index (χ3n) is 3.20. The summed E-state index contributed by atoms with van der Waals surface area (Å²) in [4.78, 5) is 11.9. The van der Waals surface area contributed by atoms with E-state index in [1.807, 2.05) is 0 Å². The first kappa shape index (κ1) is 20.8. The van der Waals surface area contributed by atoms with Crippen LogP contribution in [0.3, 0.4) is 0 Å². The van der Waals surface area contributed by atoms with E-state index in [2.05, 4.69) is 37.8 Å². The van der Waals surface area contributed by atoms with Crippen molar-refractivity contribution < 1.29 is 17.9 Å². The Hall–Kier alpha value is -2.49. The Morgan fingerprint density at radius 1 is 1.22 bits per heavy atom. The molecule has 0 saturated heterocycles. The second-order valence-corrected chi connectivity index (χ2v) is 7.84. The predicted octanol–water partition coefficient (Wildman–Crippen LogP) is 2.44. The molecule has 0 fully saturated rings. The van der Waals surface area contributed by atoms with Gasteiger partial charge in [-0.3, -0.25) is 4.79 Å². The largest absolute Gasteiger partial charge is 0.490 e. The average molecular weight is 452 g/mol. The van der Waals surface area contributed by atoms with E-state index in [1.165, 1.54) is 18.3 Å². The Bertz CT molecular complexity index is 931. The van der Waals surface area contributed by atoms with Crippen molar-refractivity contribution in [1.29, 1.82) is 0 Å². The normalized spacial score (nSPS) is 11.3. The average Bonchev–Trinajstić information content (AvgIpc) is 2.67. The van der Waals surface area contributed by atoms with Gasteiger partial charge in [0, 0.05) is 10.0 Å². The quantitative estimate of drug-likeness (QED) is 0.347. The molecule has 27 heavy (non-hydrogen) atoms. The minimum absolute atomic E-state index is 0.0848. The number of carbonyl (C=O) groups is 1. The molecule has 2 N–H and O–H groups in total. The Balaban J connectivity index is 1.91. The van der Waals surface area contributed by atoms with Crippen LogP contribution in [0.2, 0.25) is 0 Å². The van der Waals surface area contributed by atoms with Crippen molar-refractivity contribution >= 4 is 38.1 Å². The van der Waals surface area contributed by atoms with Crippen molar-refractivity contribution in [2.24, 2.45) is 5.10 Å². The van der Waals surface area contributed by atoms with Crippen molar-refractivity contribution in [3.63, 3.8) is 0 Å². The zero-order valence-electron chi connectivity index (χ0n) is 14.3. The molecular formula is C18H18BrN3O4S. The minimum atomic E-state index is -3.75. The molecule has 0 bridgehead atoms. The van der Waals surface area contributed by atoms with Crippen molar-refractivity contribution in [3.8, 4) is 5.75 Å². The second kappa shape index (κ2) is 10.0. The Morgan fingerprint density at radius 3 is 2.67 bits per heavy atom. The van der Waals surface area contributed by atoms with E-state index in [9.17, 15) is 13.2 Å². The van der Waals surface area contributed by atoms with Gasteiger partial charge < -0.3 is 4.74 Å². The van der Waals surface area contributed by atoms with E-state index in [0.29, 0.717) is 17.9 Å². The van der Waals surface area contributed by atoms with Gasteiger partial charge in [0.25, 0.3) is 5.91 Å². The monoisotopic (exact) mass is 451 g/mol. The molecule has 1 amide bonds. The van der Waals surface area contributed by atoms with Gasteiger partial charge in [-0.1, -0.05) is 46.8 Å². The molecule has 0 aliphatic rings. The minimum Gasteiger partial charge on any atom is -0.490 e. The molecule has 0 saturated carbocycles. The summed E-state index contributed by atoms with van der Waals surface area (Å²) < 4.78 is 32.5. The maximum Gasteiger partial charge on any atom is 0.255 e. The SMILES string of the molecule is C=CCOc1ccc(Br)c(/C=N\NC(=O)CNS(=O)(=O)c2ccccc2)c1. The zero-order chi connectivity index (χ0) is 19.7. The molecule has 142 valence electrons. The van der Waals surface area contributed by atoms with Crippen LogP contribution in [0.15, 0.2) is 75.7 Å². The number of ether oxygens (including phenoxy) is 1. The lowest BCUT2D eigenvalue weighted by atomic mass is 10.2. The van der Waals surface area contributed by atoms with E-state index < -0.39 is 22.5 Å². The molecule has 0 aliphatic carbocycles. The number of halogens is 1. The van der Waals surface area contributed by atoms with E-state index in [0.717, 1.165) is 4.47 Å². The Labute approximate surface area is 166 Å². The van der Waals surface area contributed by atoms with Gasteiger partial charge in [-0.2, -0.15) is 5.10 Å². The number of benzene rings is 2. The number of sulfonamides is 1. The Morgan fingerprint density at radius 2 is 1.96 bits per heavy atom. The van der Waals surface area contributed by atoms with Crippen molar-refractivity contribution in [2.45, 2.75) is 4.90 Å². The van der Waals surface area contributed by atoms with Crippen LogP contribution in [0, 0.1) is 0 Å². The van der Waals surface area contributed by atoms with Crippen molar-refractivity contribution in [1.82, 2.24) is 10.1 Å². The van der Waals surface area contributed by atoms with Crippen molar-refractivity contribution in [2.75, 3.05) is 13.2 Å². The highest BCUT2D eigenvalue weighted by Gasteiger charge is 2.14. The van der Waals surface area contributed by atoms with Crippen LogP contribution in [0.25, 0.3) is 0 Å². The number of hydrazone groups is 1. The molecule has 0 aliphatic heterocycles. The van der Waals surface area contributed by atoms with E-state index in [1.54, 1.807) is 42.5 Å². The molecule has 0 spiro atoms. The van der Waals surface area contributed by atoms with Gasteiger partial charge >= 0.3 is 0 Å². The van der Waals surface area contributed by atoms with Crippen LogP contribution in [-0.2, 0) is 14.8 Å². The first-order valence-electron chi connectivity index (χ1n) is 7.82. The number of carbonyl (C=O) groups excluding carboxylic acids is 1. The highest BCUT2D eigenvalue weighted by Crippen LogP contribution is 2.21. The lowest BCUT2D eigenvalue weighted by molar-refractivity contribution is -0.119. The van der Waals surface area contributed by atoms with E-state index in [4.69, 9.17) is 4.74 Å². The highest BCUT2D eigenvalue weighted by atomic mass is 79.9. The molecule has 2 aromatic rings. The van der Waals surface area contributed by atoms with Crippen LogP contribution >= 0.6 is 15.9 Å². The third kappa shape index (κ3) is 6.63. The fourth-order valence-electron chi connectivity index (χ4n) is 1.92. The Kier molecular flexibility index (Phi) is 7.71. The first-order chi connectivity index (χ1) is 12.9. The lowest BCUT2D eigenvalue weighted by Crippen LogP contribution is -2.34. The molecule has 0 heterocycles. The summed E-state index contributed by atoms with van der Waals surface area (Å²) >= 11 is 3.38. The van der Waals surface area contributed by atoms with E-state index in [-0.39, 0.29) is 4.90 Å². The molecule has 0 aromatic heterocycles. The fourth-order valence-corrected chi connectivity index (χ4v) is 3.27. The van der Waals surface area contributed by atoms with Crippen LogP contribution < -0.4 is 14.9 Å². The molecule has 7 nitrogen and oxygen atoms in total. The van der Waals surface area contributed by atoms with Gasteiger partial charge in [-0.05, 0) is 30.3 Å². The summed E-state index contributed by atoms with van der Waals surface area (Å²) in [6.07, 6.45) is 3.06. The summed E-state index contributed by atoms with van der Waals surface area (Å²) in [5.74, 6) is 0.0300. The first-order valence-corrected chi connectivity index (χ1v) is 10.1. The second-order valence-electron chi connectivity index (χ2n) is 5.21. The number of rotatable bonds is 9. The molecule has 2 rings (SSSR count). The number of nitrogens with one attached hydrogen (secondary N) is 2.